The maximum Gasteiger partial charge on any atom is 0.0477 e. The van der Waals surface area contributed by atoms with Crippen LogP contribution in [0.3, 0.4) is 0 Å². The molecule has 1 unspecified atom stereocenters. The Bertz CT molecular complexity index is 89.5. The number of hydrogen-bond donors (Lipinski definition) is 2. The van der Waals surface area contributed by atoms with Gasteiger partial charge in [-0.2, -0.15) is 0 Å². The zero-order chi connectivity index (χ0) is 7.23. The summed E-state index contributed by atoms with van der Waals surface area (Å²) < 4.78 is 4.98. The Morgan fingerprint density at radius 3 is 2.58 bits per heavy atom. The Morgan fingerprint density at radius 2 is 2.08 bits per heavy atom. The van der Waals surface area contributed by atoms with Crippen LogP contribution in [-0.4, -0.2) is 39.4 Å². The van der Waals surface area contributed by atoms with Crippen LogP contribution in [0.5, 0.6) is 0 Å². The smallest absolute Gasteiger partial charge is 0.0477 e. The fourth-order valence-corrected chi connectivity index (χ4v) is 1.18. The van der Waals surface area contributed by atoms with Crippen LogP contribution in [0.25, 0.3) is 0 Å². The maximum absolute atomic E-state index is 4.98. The van der Waals surface area contributed by atoms with Gasteiger partial charge >= 0.3 is 0 Å². The van der Waals surface area contributed by atoms with E-state index in [1.807, 2.05) is 0 Å². The first-order valence-electron chi connectivity index (χ1n) is 3.86. The molecule has 0 bridgehead atoms. The van der Waals surface area contributed by atoms with Gasteiger partial charge in [0.05, 0.1) is 0 Å². The van der Waals surface area contributed by atoms with Crippen LogP contribution in [0.2, 0.25) is 0 Å². The molecule has 12 heavy (non-hydrogen) atoms. The first kappa shape index (κ1) is 15.0. The Labute approximate surface area is 86.4 Å². The average Bonchev–Trinajstić information content (AvgIpc) is 2.03. The predicted octanol–water partition coefficient (Wildman–Crippen LogP) is 0.428. The van der Waals surface area contributed by atoms with Crippen LogP contribution < -0.4 is 10.6 Å². The molecular formula is C7H18Cl2N2O. The third-order valence-corrected chi connectivity index (χ3v) is 1.80. The highest BCUT2D eigenvalue weighted by atomic mass is 35.5. The van der Waals surface area contributed by atoms with E-state index >= 15 is 0 Å². The standard InChI is InChI=1S/C7H16N2O.2ClH/c1-10-5-2-7-6-8-3-4-9-7;;/h7-9H,2-6H2,1H3;2*1H. The van der Waals surface area contributed by atoms with Crippen LogP contribution in [-0.2, 0) is 4.74 Å². The van der Waals surface area contributed by atoms with Crippen molar-refractivity contribution in [2.45, 2.75) is 12.5 Å². The molecule has 1 rings (SSSR count). The molecule has 0 saturated carbocycles. The third kappa shape index (κ3) is 6.03. The molecule has 1 saturated heterocycles. The minimum Gasteiger partial charge on any atom is -0.385 e. The van der Waals surface area contributed by atoms with E-state index in [4.69, 9.17) is 4.74 Å². The molecule has 3 nitrogen and oxygen atoms in total. The molecule has 5 heteroatoms. The summed E-state index contributed by atoms with van der Waals surface area (Å²) in [5.41, 5.74) is 0. The van der Waals surface area contributed by atoms with Crippen molar-refractivity contribution in [3.05, 3.63) is 0 Å². The summed E-state index contributed by atoms with van der Waals surface area (Å²) in [6, 6.07) is 0.619. The highest BCUT2D eigenvalue weighted by Gasteiger charge is 2.10. The molecule has 1 fully saturated rings. The quantitative estimate of drug-likeness (QED) is 0.719. The van der Waals surface area contributed by atoms with E-state index in [0.717, 1.165) is 32.7 Å². The first-order valence-corrected chi connectivity index (χ1v) is 3.86. The number of halogens is 2. The molecule has 0 radical (unpaired) electrons. The van der Waals surface area contributed by atoms with E-state index in [-0.39, 0.29) is 24.8 Å². The lowest BCUT2D eigenvalue weighted by Gasteiger charge is -2.23. The lowest BCUT2D eigenvalue weighted by molar-refractivity contribution is 0.179. The van der Waals surface area contributed by atoms with Gasteiger partial charge in [-0.05, 0) is 6.42 Å². The van der Waals surface area contributed by atoms with Gasteiger partial charge in [-0.3, -0.25) is 0 Å². The molecule has 0 aliphatic carbocycles. The number of ether oxygens (including phenoxy) is 1. The fraction of sp³-hybridized carbons (Fsp3) is 1.00. The van der Waals surface area contributed by atoms with Crippen molar-refractivity contribution >= 4 is 24.8 Å². The first-order chi connectivity index (χ1) is 4.93. The van der Waals surface area contributed by atoms with Crippen molar-refractivity contribution in [2.24, 2.45) is 0 Å². The van der Waals surface area contributed by atoms with E-state index in [9.17, 15) is 0 Å². The number of hydrogen-bond acceptors (Lipinski definition) is 3. The van der Waals surface area contributed by atoms with Gasteiger partial charge in [-0.15, -0.1) is 24.8 Å². The van der Waals surface area contributed by atoms with Crippen molar-refractivity contribution in [1.82, 2.24) is 10.6 Å². The Balaban J connectivity index is 0. The number of piperazine rings is 1. The number of methoxy groups -OCH3 is 1. The Hall–Kier alpha value is 0.460. The summed E-state index contributed by atoms with van der Waals surface area (Å²) in [5.74, 6) is 0. The molecule has 2 N–H and O–H groups in total. The minimum absolute atomic E-state index is 0. The second-order valence-electron chi connectivity index (χ2n) is 2.64. The van der Waals surface area contributed by atoms with E-state index in [1.165, 1.54) is 0 Å². The lowest BCUT2D eigenvalue weighted by atomic mass is 10.2. The molecule has 0 aromatic rings. The summed E-state index contributed by atoms with van der Waals surface area (Å²) in [7, 11) is 1.75. The van der Waals surface area contributed by atoms with Gasteiger partial charge in [-0.1, -0.05) is 0 Å². The highest BCUT2D eigenvalue weighted by molar-refractivity contribution is 5.85. The Morgan fingerprint density at radius 1 is 1.33 bits per heavy atom. The van der Waals surface area contributed by atoms with Gasteiger partial charge in [0.1, 0.15) is 0 Å². The van der Waals surface area contributed by atoms with Gasteiger partial charge in [0, 0.05) is 39.4 Å². The third-order valence-electron chi connectivity index (χ3n) is 1.80. The largest absolute Gasteiger partial charge is 0.385 e. The molecule has 1 heterocycles. The van der Waals surface area contributed by atoms with E-state index in [0.29, 0.717) is 6.04 Å². The molecular weight excluding hydrogens is 199 g/mol. The van der Waals surface area contributed by atoms with Crippen LogP contribution in [0.4, 0.5) is 0 Å². The zero-order valence-electron chi connectivity index (χ0n) is 7.34. The van der Waals surface area contributed by atoms with Crippen LogP contribution in [0.1, 0.15) is 6.42 Å². The van der Waals surface area contributed by atoms with Gasteiger partial charge < -0.3 is 15.4 Å². The molecule has 1 aliphatic rings. The predicted molar refractivity (Wildman–Crippen MR) is 55.6 cm³/mol. The average molecular weight is 217 g/mol. The highest BCUT2D eigenvalue weighted by Crippen LogP contribution is 1.93. The van der Waals surface area contributed by atoms with E-state index in [1.54, 1.807) is 7.11 Å². The maximum atomic E-state index is 4.98. The van der Waals surface area contributed by atoms with Gasteiger partial charge in [0.25, 0.3) is 0 Å². The lowest BCUT2D eigenvalue weighted by Crippen LogP contribution is -2.48. The van der Waals surface area contributed by atoms with E-state index < -0.39 is 0 Å². The molecule has 1 atom stereocenters. The van der Waals surface area contributed by atoms with Crippen molar-refractivity contribution in [3.63, 3.8) is 0 Å². The normalized spacial score (nSPS) is 22.2. The second-order valence-corrected chi connectivity index (χ2v) is 2.64. The SMILES string of the molecule is COCCC1CNCCN1.Cl.Cl. The zero-order valence-corrected chi connectivity index (χ0v) is 8.97. The monoisotopic (exact) mass is 216 g/mol. The summed E-state index contributed by atoms with van der Waals surface area (Å²) in [4.78, 5) is 0. The molecule has 0 aromatic carbocycles. The minimum atomic E-state index is 0. The van der Waals surface area contributed by atoms with Crippen LogP contribution >= 0.6 is 24.8 Å². The molecule has 0 amide bonds. The Kier molecular flexibility index (Phi) is 11.9. The van der Waals surface area contributed by atoms with Crippen molar-refractivity contribution in [3.8, 4) is 0 Å². The fourth-order valence-electron chi connectivity index (χ4n) is 1.18. The summed E-state index contributed by atoms with van der Waals surface area (Å²) in [6.45, 7) is 4.14. The van der Waals surface area contributed by atoms with Gasteiger partial charge in [0.2, 0.25) is 0 Å². The summed E-state index contributed by atoms with van der Waals surface area (Å²) in [6.07, 6.45) is 1.11. The second kappa shape index (κ2) is 9.55. The van der Waals surface area contributed by atoms with Crippen LogP contribution in [0.15, 0.2) is 0 Å². The van der Waals surface area contributed by atoms with E-state index in [2.05, 4.69) is 10.6 Å². The molecule has 76 valence electrons. The molecule has 1 aliphatic heterocycles. The molecule has 0 aromatic heterocycles. The van der Waals surface area contributed by atoms with Crippen molar-refractivity contribution < 1.29 is 4.74 Å². The van der Waals surface area contributed by atoms with Crippen molar-refractivity contribution in [2.75, 3.05) is 33.4 Å². The summed E-state index contributed by atoms with van der Waals surface area (Å²) >= 11 is 0. The summed E-state index contributed by atoms with van der Waals surface area (Å²) in [5, 5.41) is 6.74. The van der Waals surface area contributed by atoms with Gasteiger partial charge in [0.15, 0.2) is 0 Å². The molecule has 0 spiro atoms. The van der Waals surface area contributed by atoms with Crippen molar-refractivity contribution in [1.29, 1.82) is 0 Å². The van der Waals surface area contributed by atoms with Gasteiger partial charge in [-0.25, -0.2) is 0 Å². The topological polar surface area (TPSA) is 33.3 Å². The number of rotatable bonds is 3. The van der Waals surface area contributed by atoms with Crippen LogP contribution in [0, 0.1) is 0 Å². The number of nitrogens with one attached hydrogen (secondary N) is 2.